The zero-order chi connectivity index (χ0) is 20.8. The Hall–Kier alpha value is -2.61. The molecule has 2 heterocycles. The minimum Gasteiger partial charge on any atom is -0.494 e. The summed E-state index contributed by atoms with van der Waals surface area (Å²) in [5.41, 5.74) is 1.95. The molecule has 154 valence electrons. The number of fused-ring (bicyclic) bond motifs is 1. The minimum absolute atomic E-state index is 0.302. The van der Waals surface area contributed by atoms with Crippen LogP contribution >= 0.6 is 11.8 Å². The van der Waals surface area contributed by atoms with Gasteiger partial charge in [0.25, 0.3) is 0 Å². The number of thioether (sulfide) groups is 1. The fraction of sp³-hybridized carbons (Fsp3) is 0.429. The molecule has 7 nitrogen and oxygen atoms in total. The van der Waals surface area contributed by atoms with E-state index in [9.17, 15) is 4.79 Å². The monoisotopic (exact) mass is 414 g/mol. The van der Waals surface area contributed by atoms with Crippen molar-refractivity contribution in [1.29, 1.82) is 0 Å². The zero-order valence-electron chi connectivity index (χ0n) is 17.2. The van der Waals surface area contributed by atoms with Gasteiger partial charge in [-0.1, -0.05) is 37.7 Å². The van der Waals surface area contributed by atoms with E-state index in [-0.39, 0.29) is 0 Å². The van der Waals surface area contributed by atoms with Crippen LogP contribution in [0, 0.1) is 12.8 Å². The number of hydrogen-bond donors (Lipinski definition) is 0. The smallest absolute Gasteiger partial charge is 0.340 e. The highest BCUT2D eigenvalue weighted by molar-refractivity contribution is 7.99. The van der Waals surface area contributed by atoms with Crippen LogP contribution in [0.2, 0.25) is 0 Å². The van der Waals surface area contributed by atoms with Gasteiger partial charge in [-0.25, -0.2) is 4.79 Å². The number of carbonyl (C=O) groups excluding carboxylic acids is 1. The van der Waals surface area contributed by atoms with Crippen molar-refractivity contribution in [3.05, 3.63) is 41.2 Å². The van der Waals surface area contributed by atoms with E-state index in [0.29, 0.717) is 42.0 Å². The topological polar surface area (TPSA) is 78.6 Å². The first-order chi connectivity index (χ1) is 14.0. The van der Waals surface area contributed by atoms with Crippen LogP contribution in [0.15, 0.2) is 40.1 Å². The fourth-order valence-corrected chi connectivity index (χ4v) is 3.54. The van der Waals surface area contributed by atoms with Gasteiger partial charge in [-0.15, -0.1) is 10.2 Å². The third-order valence-corrected chi connectivity index (χ3v) is 5.22. The number of aryl methyl sites for hydroxylation is 1. The van der Waals surface area contributed by atoms with Crippen molar-refractivity contribution in [1.82, 2.24) is 14.9 Å². The van der Waals surface area contributed by atoms with Crippen LogP contribution < -0.4 is 4.74 Å². The van der Waals surface area contributed by atoms with Gasteiger partial charge in [0.15, 0.2) is 5.82 Å². The van der Waals surface area contributed by atoms with Gasteiger partial charge in [0.2, 0.25) is 5.16 Å². The number of benzene rings is 1. The first kappa shape index (κ1) is 21.1. The van der Waals surface area contributed by atoms with E-state index in [4.69, 9.17) is 9.47 Å². The molecule has 0 atom stereocenters. The summed E-state index contributed by atoms with van der Waals surface area (Å²) in [6.45, 7) is 8.95. The second kappa shape index (κ2) is 9.73. The van der Waals surface area contributed by atoms with Crippen LogP contribution in [0.25, 0.3) is 6.08 Å². The molecule has 0 N–H and O–H groups in total. The van der Waals surface area contributed by atoms with Crippen LogP contribution in [-0.2, 0) is 9.53 Å². The average molecular weight is 415 g/mol. The highest BCUT2D eigenvalue weighted by Gasteiger charge is 2.24. The summed E-state index contributed by atoms with van der Waals surface area (Å²) in [7, 11) is 0. The number of carbonyl (C=O) groups is 1. The summed E-state index contributed by atoms with van der Waals surface area (Å²) in [6, 6.07) is 7.68. The minimum atomic E-state index is -0.390. The molecular formula is C21H26N4O3S. The predicted octanol–water partition coefficient (Wildman–Crippen LogP) is 3.97. The Morgan fingerprint density at radius 2 is 2.03 bits per heavy atom. The molecule has 0 fully saturated rings. The molecule has 1 aliphatic rings. The van der Waals surface area contributed by atoms with E-state index in [2.05, 4.69) is 29.1 Å². The molecule has 0 bridgehead atoms. The first-order valence-electron chi connectivity index (χ1n) is 9.72. The summed E-state index contributed by atoms with van der Waals surface area (Å²) < 4.78 is 12.7. The maximum absolute atomic E-state index is 12.6. The third kappa shape index (κ3) is 5.47. The summed E-state index contributed by atoms with van der Waals surface area (Å²) in [5.74, 6) is 2.23. The summed E-state index contributed by atoms with van der Waals surface area (Å²) >= 11 is 1.50. The number of rotatable bonds is 8. The van der Waals surface area contributed by atoms with Crippen molar-refractivity contribution in [2.75, 3.05) is 19.0 Å². The lowest BCUT2D eigenvalue weighted by Gasteiger charge is -2.15. The molecular weight excluding hydrogens is 388 g/mol. The van der Waals surface area contributed by atoms with Gasteiger partial charge in [-0.3, -0.25) is 0 Å². The Morgan fingerprint density at radius 1 is 1.28 bits per heavy atom. The van der Waals surface area contributed by atoms with Crippen LogP contribution in [0.3, 0.4) is 0 Å². The van der Waals surface area contributed by atoms with Gasteiger partial charge >= 0.3 is 5.97 Å². The fourth-order valence-electron chi connectivity index (χ4n) is 2.67. The molecule has 0 spiro atoms. The Morgan fingerprint density at radius 3 is 2.72 bits per heavy atom. The van der Waals surface area contributed by atoms with Gasteiger partial charge < -0.3 is 9.47 Å². The molecule has 1 aromatic heterocycles. The van der Waals surface area contributed by atoms with Crippen LogP contribution in [0.5, 0.6) is 5.75 Å². The van der Waals surface area contributed by atoms with E-state index in [1.807, 2.05) is 31.2 Å². The molecule has 8 heteroatoms. The molecule has 1 aliphatic heterocycles. The second-order valence-corrected chi connectivity index (χ2v) is 8.00. The Labute approximate surface area is 175 Å². The molecule has 0 saturated heterocycles. The van der Waals surface area contributed by atoms with E-state index in [0.717, 1.165) is 22.9 Å². The van der Waals surface area contributed by atoms with Crippen molar-refractivity contribution in [3.63, 3.8) is 0 Å². The summed E-state index contributed by atoms with van der Waals surface area (Å²) in [4.78, 5) is 12.6. The molecule has 0 amide bonds. The lowest BCUT2D eigenvalue weighted by Crippen LogP contribution is -2.21. The SMILES string of the molecule is CCOC(=O)/C(=C\c1ccc(OCCC(C)C)cc1)C1=Nn2c(C)nnc2SC1. The Bertz CT molecular complexity index is 917. The zero-order valence-corrected chi connectivity index (χ0v) is 18.0. The van der Waals surface area contributed by atoms with Crippen molar-refractivity contribution in [2.45, 2.75) is 39.3 Å². The molecule has 0 saturated carbocycles. The van der Waals surface area contributed by atoms with Crippen molar-refractivity contribution in [2.24, 2.45) is 11.0 Å². The number of nitrogens with zero attached hydrogens (tertiary/aromatic N) is 4. The molecule has 0 radical (unpaired) electrons. The van der Waals surface area contributed by atoms with Gasteiger partial charge in [0.1, 0.15) is 5.75 Å². The van der Waals surface area contributed by atoms with Crippen molar-refractivity contribution < 1.29 is 14.3 Å². The van der Waals surface area contributed by atoms with Crippen LogP contribution in [0.4, 0.5) is 0 Å². The number of esters is 1. The van der Waals surface area contributed by atoms with Crippen LogP contribution in [-0.4, -0.2) is 45.5 Å². The van der Waals surface area contributed by atoms with Gasteiger partial charge in [-0.2, -0.15) is 9.78 Å². The number of ether oxygens (including phenoxy) is 2. The summed E-state index contributed by atoms with van der Waals surface area (Å²) in [5, 5.41) is 13.4. The van der Waals surface area contributed by atoms with Crippen LogP contribution in [0.1, 0.15) is 38.6 Å². The van der Waals surface area contributed by atoms with Crippen molar-refractivity contribution in [3.8, 4) is 5.75 Å². The van der Waals surface area contributed by atoms with E-state index in [1.54, 1.807) is 17.7 Å². The molecule has 0 unspecified atom stereocenters. The second-order valence-electron chi connectivity index (χ2n) is 7.06. The number of aromatic nitrogens is 3. The first-order valence-corrected chi connectivity index (χ1v) is 10.7. The molecule has 3 rings (SSSR count). The molecule has 29 heavy (non-hydrogen) atoms. The number of hydrogen-bond acceptors (Lipinski definition) is 7. The van der Waals surface area contributed by atoms with E-state index in [1.165, 1.54) is 11.8 Å². The normalized spacial score (nSPS) is 13.8. The highest BCUT2D eigenvalue weighted by Crippen LogP contribution is 2.25. The Kier molecular flexibility index (Phi) is 7.09. The lowest BCUT2D eigenvalue weighted by molar-refractivity contribution is -0.137. The van der Waals surface area contributed by atoms with Crippen molar-refractivity contribution >= 4 is 29.5 Å². The standard InChI is InChI=1S/C21H26N4O3S/c1-5-27-20(26)18(19-13-29-21-23-22-15(4)25(21)24-19)12-16-6-8-17(9-7-16)28-11-10-14(2)3/h6-9,12,14H,5,10-11,13H2,1-4H3/b18-12-. The molecule has 0 aliphatic carbocycles. The Balaban J connectivity index is 1.84. The lowest BCUT2D eigenvalue weighted by atomic mass is 10.1. The maximum Gasteiger partial charge on any atom is 0.340 e. The van der Waals surface area contributed by atoms with Gasteiger partial charge in [0, 0.05) is 5.75 Å². The largest absolute Gasteiger partial charge is 0.494 e. The predicted molar refractivity (Wildman–Crippen MR) is 114 cm³/mol. The quantitative estimate of drug-likeness (QED) is 0.480. The summed E-state index contributed by atoms with van der Waals surface area (Å²) in [6.07, 6.45) is 2.82. The molecule has 1 aromatic carbocycles. The molecule has 2 aromatic rings. The highest BCUT2D eigenvalue weighted by atomic mass is 32.2. The van der Waals surface area contributed by atoms with E-state index < -0.39 is 5.97 Å². The maximum atomic E-state index is 12.6. The van der Waals surface area contributed by atoms with Gasteiger partial charge in [-0.05, 0) is 50.0 Å². The van der Waals surface area contributed by atoms with Gasteiger partial charge in [0.05, 0.1) is 24.5 Å². The third-order valence-electron chi connectivity index (χ3n) is 4.29. The average Bonchev–Trinajstić information content (AvgIpc) is 3.07. The van der Waals surface area contributed by atoms with E-state index >= 15 is 0 Å².